The largest absolute Gasteiger partial charge is 0.383 e. The Morgan fingerprint density at radius 2 is 2.13 bits per heavy atom. The van der Waals surface area contributed by atoms with Crippen LogP contribution in [0.15, 0.2) is 24.4 Å². The van der Waals surface area contributed by atoms with Crippen LogP contribution in [-0.4, -0.2) is 66.8 Å². The van der Waals surface area contributed by atoms with Gasteiger partial charge in [0.25, 0.3) is 0 Å². The van der Waals surface area contributed by atoms with Crippen molar-refractivity contribution in [2.45, 2.75) is 25.4 Å². The number of nitrogens with one attached hydrogen (secondary N) is 1. The van der Waals surface area contributed by atoms with Crippen LogP contribution in [0, 0.1) is 5.92 Å². The number of carbonyl (C=O) groups is 1. The summed E-state index contributed by atoms with van der Waals surface area (Å²) in [7, 11) is 1.69. The van der Waals surface area contributed by atoms with Gasteiger partial charge >= 0.3 is 6.03 Å². The lowest BCUT2D eigenvalue weighted by Crippen LogP contribution is -2.54. The number of hydrogen-bond donors (Lipinski definition) is 1. The first-order chi connectivity index (χ1) is 11.3. The van der Waals surface area contributed by atoms with E-state index in [0.29, 0.717) is 12.5 Å². The van der Waals surface area contributed by atoms with Crippen molar-refractivity contribution in [3.8, 4) is 0 Å². The quantitative estimate of drug-likeness (QED) is 0.860. The number of rotatable bonds is 6. The molecule has 1 N–H and O–H groups in total. The van der Waals surface area contributed by atoms with Crippen LogP contribution >= 0.6 is 0 Å². The molecule has 1 aromatic rings. The summed E-state index contributed by atoms with van der Waals surface area (Å²) in [5.41, 5.74) is 1.08. The normalized spacial score (nSPS) is 20.3. The van der Waals surface area contributed by atoms with E-state index in [1.165, 1.54) is 12.8 Å². The maximum Gasteiger partial charge on any atom is 0.317 e. The van der Waals surface area contributed by atoms with Crippen molar-refractivity contribution in [1.29, 1.82) is 0 Å². The van der Waals surface area contributed by atoms with E-state index in [2.05, 4.69) is 15.2 Å². The Labute approximate surface area is 137 Å². The fourth-order valence-electron chi connectivity index (χ4n) is 3.05. The Morgan fingerprint density at radius 3 is 2.74 bits per heavy atom. The topological polar surface area (TPSA) is 57.7 Å². The minimum Gasteiger partial charge on any atom is -0.383 e. The van der Waals surface area contributed by atoms with Gasteiger partial charge < -0.3 is 15.0 Å². The molecule has 1 aliphatic heterocycles. The first-order valence-electron chi connectivity index (χ1n) is 8.43. The molecule has 1 saturated heterocycles. The average Bonchev–Trinajstić information content (AvgIpc) is 3.41. The molecule has 0 spiro atoms. The van der Waals surface area contributed by atoms with Gasteiger partial charge in [0.2, 0.25) is 0 Å². The Hall–Kier alpha value is -1.66. The minimum absolute atomic E-state index is 0.0523. The van der Waals surface area contributed by atoms with Crippen LogP contribution in [0.3, 0.4) is 0 Å². The van der Waals surface area contributed by atoms with E-state index in [9.17, 15) is 4.79 Å². The van der Waals surface area contributed by atoms with Crippen LogP contribution in [0.2, 0.25) is 0 Å². The van der Waals surface area contributed by atoms with E-state index in [0.717, 1.165) is 38.4 Å². The van der Waals surface area contributed by atoms with Gasteiger partial charge in [0, 0.05) is 46.0 Å². The van der Waals surface area contributed by atoms with Crippen molar-refractivity contribution < 1.29 is 9.53 Å². The molecule has 2 aliphatic rings. The number of carbonyl (C=O) groups excluding carboxylic acids is 1. The van der Waals surface area contributed by atoms with E-state index in [1.807, 2.05) is 29.3 Å². The summed E-state index contributed by atoms with van der Waals surface area (Å²) in [6.45, 7) is 4.78. The Balaban J connectivity index is 1.43. The highest BCUT2D eigenvalue weighted by molar-refractivity contribution is 5.74. The molecule has 1 unspecified atom stereocenters. The first kappa shape index (κ1) is 16.2. The summed E-state index contributed by atoms with van der Waals surface area (Å²) in [5.74, 6) is 0.601. The molecule has 2 heterocycles. The SMILES string of the molecule is COCC(NC(=O)N1CCN(Cc2ccccn2)CC1)C1CC1. The minimum atomic E-state index is 0.0523. The molecule has 126 valence electrons. The van der Waals surface area contributed by atoms with Gasteiger partial charge in [-0.3, -0.25) is 9.88 Å². The van der Waals surface area contributed by atoms with Crippen molar-refractivity contribution in [3.05, 3.63) is 30.1 Å². The zero-order valence-electron chi connectivity index (χ0n) is 13.8. The summed E-state index contributed by atoms with van der Waals surface area (Å²) in [6, 6.07) is 6.21. The van der Waals surface area contributed by atoms with E-state index < -0.39 is 0 Å². The average molecular weight is 318 g/mol. The van der Waals surface area contributed by atoms with Gasteiger partial charge in [-0.2, -0.15) is 0 Å². The van der Waals surface area contributed by atoms with Gasteiger partial charge in [0.05, 0.1) is 18.3 Å². The van der Waals surface area contributed by atoms with Crippen LogP contribution in [0.5, 0.6) is 0 Å². The molecule has 1 aromatic heterocycles. The van der Waals surface area contributed by atoms with Crippen molar-refractivity contribution in [2.24, 2.45) is 5.92 Å². The second kappa shape index (κ2) is 7.75. The van der Waals surface area contributed by atoms with Crippen molar-refractivity contribution in [3.63, 3.8) is 0 Å². The number of aromatic nitrogens is 1. The van der Waals surface area contributed by atoms with E-state index in [4.69, 9.17) is 4.74 Å². The van der Waals surface area contributed by atoms with Crippen LogP contribution in [0.25, 0.3) is 0 Å². The number of piperazine rings is 1. The maximum absolute atomic E-state index is 12.4. The Kier molecular flexibility index (Phi) is 5.46. The number of nitrogens with zero attached hydrogens (tertiary/aromatic N) is 3. The fraction of sp³-hybridized carbons (Fsp3) is 0.647. The molecule has 0 radical (unpaired) electrons. The Morgan fingerprint density at radius 1 is 1.35 bits per heavy atom. The lowest BCUT2D eigenvalue weighted by atomic mass is 10.2. The summed E-state index contributed by atoms with van der Waals surface area (Å²) in [6.07, 6.45) is 4.23. The second-order valence-corrected chi connectivity index (χ2v) is 6.43. The zero-order valence-corrected chi connectivity index (χ0v) is 13.8. The van der Waals surface area contributed by atoms with Gasteiger partial charge in [-0.25, -0.2) is 4.79 Å². The van der Waals surface area contributed by atoms with Gasteiger partial charge in [-0.1, -0.05) is 6.07 Å². The van der Waals surface area contributed by atoms with Crippen LogP contribution < -0.4 is 5.32 Å². The molecule has 3 rings (SSSR count). The van der Waals surface area contributed by atoms with Crippen molar-refractivity contribution in [2.75, 3.05) is 39.9 Å². The van der Waals surface area contributed by atoms with Gasteiger partial charge in [-0.05, 0) is 30.9 Å². The molecule has 6 heteroatoms. The van der Waals surface area contributed by atoms with Crippen LogP contribution in [0.1, 0.15) is 18.5 Å². The van der Waals surface area contributed by atoms with Crippen molar-refractivity contribution in [1.82, 2.24) is 20.1 Å². The predicted octanol–water partition coefficient (Wildman–Crippen LogP) is 1.33. The second-order valence-electron chi connectivity index (χ2n) is 6.43. The number of urea groups is 1. The maximum atomic E-state index is 12.4. The molecule has 1 atom stereocenters. The van der Waals surface area contributed by atoms with E-state index in [1.54, 1.807) is 7.11 Å². The lowest BCUT2D eigenvalue weighted by molar-refractivity contribution is 0.121. The highest BCUT2D eigenvalue weighted by Gasteiger charge is 2.33. The molecule has 2 fully saturated rings. The van der Waals surface area contributed by atoms with Crippen molar-refractivity contribution >= 4 is 6.03 Å². The smallest absolute Gasteiger partial charge is 0.317 e. The number of methoxy groups -OCH3 is 1. The summed E-state index contributed by atoms with van der Waals surface area (Å²) < 4.78 is 5.23. The third-order valence-electron chi connectivity index (χ3n) is 4.62. The molecule has 23 heavy (non-hydrogen) atoms. The first-order valence-corrected chi connectivity index (χ1v) is 8.43. The molecule has 6 nitrogen and oxygen atoms in total. The predicted molar refractivity (Wildman–Crippen MR) is 88.0 cm³/mol. The third-order valence-corrected chi connectivity index (χ3v) is 4.62. The summed E-state index contributed by atoms with van der Waals surface area (Å²) >= 11 is 0. The number of amides is 2. The standard InChI is InChI=1S/C17H26N4O2/c1-23-13-16(14-5-6-14)19-17(22)21-10-8-20(9-11-21)12-15-4-2-3-7-18-15/h2-4,7,14,16H,5-6,8-13H2,1H3,(H,19,22). The van der Waals surface area contributed by atoms with Gasteiger partial charge in [0.15, 0.2) is 0 Å². The third kappa shape index (κ3) is 4.65. The van der Waals surface area contributed by atoms with Crippen LogP contribution in [0.4, 0.5) is 4.79 Å². The number of ether oxygens (including phenoxy) is 1. The zero-order chi connectivity index (χ0) is 16.1. The molecule has 0 bridgehead atoms. The van der Waals surface area contributed by atoms with Gasteiger partial charge in [0.1, 0.15) is 0 Å². The highest BCUT2D eigenvalue weighted by Crippen LogP contribution is 2.32. The highest BCUT2D eigenvalue weighted by atomic mass is 16.5. The number of pyridine rings is 1. The molecule has 1 saturated carbocycles. The van der Waals surface area contributed by atoms with Gasteiger partial charge in [-0.15, -0.1) is 0 Å². The monoisotopic (exact) mass is 318 g/mol. The number of hydrogen-bond acceptors (Lipinski definition) is 4. The van der Waals surface area contributed by atoms with E-state index >= 15 is 0 Å². The Bertz CT molecular complexity index is 499. The molecule has 2 amide bonds. The summed E-state index contributed by atoms with van der Waals surface area (Å²) in [5, 5.41) is 3.15. The molecule has 0 aromatic carbocycles. The molecule has 1 aliphatic carbocycles. The van der Waals surface area contributed by atoms with Crippen LogP contribution in [-0.2, 0) is 11.3 Å². The fourth-order valence-corrected chi connectivity index (χ4v) is 3.05. The van der Waals surface area contributed by atoms with E-state index in [-0.39, 0.29) is 12.1 Å². The lowest BCUT2D eigenvalue weighted by Gasteiger charge is -2.35. The summed E-state index contributed by atoms with van der Waals surface area (Å²) in [4.78, 5) is 21.0. The molecular weight excluding hydrogens is 292 g/mol. The molecular formula is C17H26N4O2.